The Morgan fingerprint density at radius 2 is 1.67 bits per heavy atom. The van der Waals surface area contributed by atoms with Crippen LogP contribution in [0.15, 0.2) is 53.4 Å². The summed E-state index contributed by atoms with van der Waals surface area (Å²) in [7, 11) is -4.12. The van der Waals surface area contributed by atoms with E-state index in [1.54, 1.807) is 24.3 Å². The maximum atomic E-state index is 12.9. The first-order valence-electron chi connectivity index (χ1n) is 8.85. The monoisotopic (exact) mass is 438 g/mol. The molecule has 1 fully saturated rings. The van der Waals surface area contributed by atoms with Crippen LogP contribution in [-0.2, 0) is 16.2 Å². The predicted octanol–water partition coefficient (Wildman–Crippen LogP) is 3.12. The fourth-order valence-corrected chi connectivity index (χ4v) is 4.41. The topological polar surface area (TPSA) is 93.5 Å². The van der Waals surface area contributed by atoms with Gasteiger partial charge < -0.3 is 10.2 Å². The highest BCUT2D eigenvalue weighted by Gasteiger charge is 2.34. The first-order chi connectivity index (χ1) is 14.1. The van der Waals surface area contributed by atoms with Gasteiger partial charge in [-0.1, -0.05) is 6.07 Å². The number of carbonyl (C=O) groups is 1. The van der Waals surface area contributed by atoms with Gasteiger partial charge in [-0.15, -0.1) is 0 Å². The number of halogens is 3. The Kier molecular flexibility index (Phi) is 6.00. The zero-order valence-electron chi connectivity index (χ0n) is 15.6. The number of benzene rings is 2. The molecule has 1 saturated heterocycles. The molecule has 0 unspecified atom stereocenters. The third-order valence-electron chi connectivity index (χ3n) is 4.59. The van der Waals surface area contributed by atoms with Gasteiger partial charge in [-0.3, -0.25) is 0 Å². The van der Waals surface area contributed by atoms with Gasteiger partial charge in [-0.05, 0) is 42.5 Å². The molecule has 1 aliphatic rings. The molecule has 1 aliphatic heterocycles. The minimum Gasteiger partial charge on any atom is -0.322 e. The van der Waals surface area contributed by atoms with Crippen molar-refractivity contribution in [3.8, 4) is 6.07 Å². The molecule has 2 amide bonds. The standard InChI is InChI=1S/C19H17F3N4O3S/c20-19(21,22)15-2-1-3-17(12-15)30(28,29)26-10-8-25(9-11-26)18(27)24-16-6-4-14(13-23)5-7-16/h1-7,12H,8-11H2,(H,24,27). The second kappa shape index (κ2) is 8.33. The summed E-state index contributed by atoms with van der Waals surface area (Å²) in [5, 5.41) is 11.4. The van der Waals surface area contributed by atoms with Crippen molar-refractivity contribution < 1.29 is 26.4 Å². The second-order valence-electron chi connectivity index (χ2n) is 6.54. The van der Waals surface area contributed by atoms with Crippen LogP contribution < -0.4 is 5.32 Å². The minimum atomic E-state index is -4.65. The molecule has 0 radical (unpaired) electrons. The van der Waals surface area contributed by atoms with E-state index < -0.39 is 32.7 Å². The normalized spacial score (nSPS) is 15.5. The van der Waals surface area contributed by atoms with Crippen molar-refractivity contribution >= 4 is 21.7 Å². The summed E-state index contributed by atoms with van der Waals surface area (Å²) in [6, 6.07) is 11.4. The average Bonchev–Trinajstić information content (AvgIpc) is 2.74. The van der Waals surface area contributed by atoms with E-state index in [2.05, 4.69) is 5.32 Å². The van der Waals surface area contributed by atoms with E-state index in [-0.39, 0.29) is 26.2 Å². The van der Waals surface area contributed by atoms with Gasteiger partial charge in [0, 0.05) is 31.9 Å². The van der Waals surface area contributed by atoms with Gasteiger partial charge in [0.05, 0.1) is 22.1 Å². The molecule has 3 rings (SSSR count). The molecule has 30 heavy (non-hydrogen) atoms. The van der Waals surface area contributed by atoms with Crippen molar-refractivity contribution in [1.29, 1.82) is 5.26 Å². The van der Waals surface area contributed by atoms with Crippen LogP contribution in [0.2, 0.25) is 0 Å². The van der Waals surface area contributed by atoms with Crippen LogP contribution in [0, 0.1) is 11.3 Å². The highest BCUT2D eigenvalue weighted by atomic mass is 32.2. The molecular weight excluding hydrogens is 421 g/mol. The lowest BCUT2D eigenvalue weighted by atomic mass is 10.2. The van der Waals surface area contributed by atoms with Gasteiger partial charge >= 0.3 is 12.2 Å². The Labute approximate surface area is 171 Å². The molecule has 11 heteroatoms. The smallest absolute Gasteiger partial charge is 0.322 e. The van der Waals surface area contributed by atoms with Gasteiger partial charge in [-0.2, -0.15) is 22.7 Å². The Morgan fingerprint density at radius 3 is 2.23 bits per heavy atom. The summed E-state index contributed by atoms with van der Waals surface area (Å²) >= 11 is 0. The molecule has 0 saturated carbocycles. The van der Waals surface area contributed by atoms with E-state index >= 15 is 0 Å². The number of anilines is 1. The second-order valence-corrected chi connectivity index (χ2v) is 8.47. The fourth-order valence-electron chi connectivity index (χ4n) is 2.94. The number of nitrogens with one attached hydrogen (secondary N) is 1. The molecule has 1 heterocycles. The number of hydrogen-bond acceptors (Lipinski definition) is 4. The maximum absolute atomic E-state index is 12.9. The van der Waals surface area contributed by atoms with Gasteiger partial charge in [0.25, 0.3) is 0 Å². The summed E-state index contributed by atoms with van der Waals surface area (Å²) in [6.07, 6.45) is -4.65. The lowest BCUT2D eigenvalue weighted by Crippen LogP contribution is -2.51. The number of carbonyl (C=O) groups excluding carboxylic acids is 1. The number of nitriles is 1. The van der Waals surface area contributed by atoms with Crippen LogP contribution in [0.4, 0.5) is 23.7 Å². The van der Waals surface area contributed by atoms with Gasteiger partial charge in [0.2, 0.25) is 10.0 Å². The van der Waals surface area contributed by atoms with Crippen molar-refractivity contribution in [1.82, 2.24) is 9.21 Å². The number of sulfonamides is 1. The van der Waals surface area contributed by atoms with Crippen LogP contribution in [0.5, 0.6) is 0 Å². The van der Waals surface area contributed by atoms with Gasteiger partial charge in [0.1, 0.15) is 0 Å². The number of urea groups is 1. The summed E-state index contributed by atoms with van der Waals surface area (Å²) in [5.41, 5.74) is -0.108. The van der Waals surface area contributed by atoms with E-state index in [4.69, 9.17) is 5.26 Å². The Morgan fingerprint density at radius 1 is 1.03 bits per heavy atom. The number of amides is 2. The summed E-state index contributed by atoms with van der Waals surface area (Å²) in [4.78, 5) is 13.3. The summed E-state index contributed by atoms with van der Waals surface area (Å²) in [6.45, 7) is 0.0827. The summed E-state index contributed by atoms with van der Waals surface area (Å²) < 4.78 is 65.1. The average molecular weight is 438 g/mol. The molecule has 0 spiro atoms. The molecule has 2 aromatic rings. The Bertz CT molecular complexity index is 1070. The van der Waals surface area contributed by atoms with Crippen molar-refractivity contribution in [3.05, 3.63) is 59.7 Å². The quantitative estimate of drug-likeness (QED) is 0.797. The van der Waals surface area contributed by atoms with Crippen molar-refractivity contribution in [2.24, 2.45) is 0 Å². The number of alkyl halides is 3. The number of nitrogens with zero attached hydrogens (tertiary/aromatic N) is 3. The summed E-state index contributed by atoms with van der Waals surface area (Å²) in [5.74, 6) is 0. The molecule has 0 aliphatic carbocycles. The third-order valence-corrected chi connectivity index (χ3v) is 6.48. The molecule has 7 nitrogen and oxygen atoms in total. The van der Waals surface area contributed by atoms with Crippen LogP contribution in [0.3, 0.4) is 0 Å². The van der Waals surface area contributed by atoms with E-state index in [1.165, 1.54) is 4.90 Å². The SMILES string of the molecule is N#Cc1ccc(NC(=O)N2CCN(S(=O)(=O)c3cccc(C(F)(F)F)c3)CC2)cc1. The molecule has 0 bridgehead atoms. The van der Waals surface area contributed by atoms with Crippen molar-refractivity contribution in [2.45, 2.75) is 11.1 Å². The highest BCUT2D eigenvalue weighted by molar-refractivity contribution is 7.89. The zero-order valence-corrected chi connectivity index (χ0v) is 16.4. The molecule has 158 valence electrons. The van der Waals surface area contributed by atoms with E-state index in [0.717, 1.165) is 22.5 Å². The lowest BCUT2D eigenvalue weighted by Gasteiger charge is -2.34. The van der Waals surface area contributed by atoms with Crippen LogP contribution in [0.25, 0.3) is 0 Å². The number of piperazine rings is 1. The van der Waals surface area contributed by atoms with Crippen molar-refractivity contribution in [2.75, 3.05) is 31.5 Å². The van der Waals surface area contributed by atoms with E-state index in [1.807, 2.05) is 6.07 Å². The van der Waals surface area contributed by atoms with Crippen LogP contribution in [0.1, 0.15) is 11.1 Å². The fraction of sp³-hybridized carbons (Fsp3) is 0.263. The zero-order chi connectivity index (χ0) is 21.9. The van der Waals surface area contributed by atoms with Crippen LogP contribution >= 0.6 is 0 Å². The Hall–Kier alpha value is -3.10. The Balaban J connectivity index is 1.64. The maximum Gasteiger partial charge on any atom is 0.416 e. The minimum absolute atomic E-state index is 0.0423. The molecular formula is C19H17F3N4O3S. The number of rotatable bonds is 3. The third kappa shape index (κ3) is 4.72. The molecule has 0 aromatic heterocycles. The molecule has 2 aromatic carbocycles. The first kappa shape index (κ1) is 21.6. The lowest BCUT2D eigenvalue weighted by molar-refractivity contribution is -0.137. The van der Waals surface area contributed by atoms with Crippen molar-refractivity contribution in [3.63, 3.8) is 0 Å². The van der Waals surface area contributed by atoms with E-state index in [9.17, 15) is 26.4 Å². The largest absolute Gasteiger partial charge is 0.416 e. The predicted molar refractivity (Wildman–Crippen MR) is 102 cm³/mol. The van der Waals surface area contributed by atoms with Gasteiger partial charge in [-0.25, -0.2) is 13.2 Å². The van der Waals surface area contributed by atoms with Crippen LogP contribution in [-0.4, -0.2) is 49.8 Å². The molecule has 1 N–H and O–H groups in total. The highest BCUT2D eigenvalue weighted by Crippen LogP contribution is 2.31. The number of hydrogen-bond donors (Lipinski definition) is 1. The van der Waals surface area contributed by atoms with E-state index in [0.29, 0.717) is 17.3 Å². The first-order valence-corrected chi connectivity index (χ1v) is 10.3. The molecule has 0 atom stereocenters. The van der Waals surface area contributed by atoms with Gasteiger partial charge in [0.15, 0.2) is 0 Å².